The van der Waals surface area contributed by atoms with Crippen molar-refractivity contribution in [2.45, 2.75) is 51.5 Å². The molecule has 29 heavy (non-hydrogen) atoms. The lowest BCUT2D eigenvalue weighted by Gasteiger charge is -2.24. The number of benzene rings is 1. The van der Waals surface area contributed by atoms with Gasteiger partial charge in [-0.2, -0.15) is 0 Å². The van der Waals surface area contributed by atoms with E-state index in [2.05, 4.69) is 0 Å². The second kappa shape index (κ2) is 11.3. The minimum Gasteiger partial charge on any atom is -0.493 e. The van der Waals surface area contributed by atoms with Crippen LogP contribution in [0.3, 0.4) is 0 Å². The van der Waals surface area contributed by atoms with Gasteiger partial charge in [-0.1, -0.05) is 0 Å². The molecule has 1 aromatic carbocycles. The first-order chi connectivity index (χ1) is 13.9. The van der Waals surface area contributed by atoms with Crippen LogP contribution >= 0.6 is 0 Å². The summed E-state index contributed by atoms with van der Waals surface area (Å²) < 4.78 is 16.2. The van der Waals surface area contributed by atoms with Gasteiger partial charge in [0.2, 0.25) is 0 Å². The molecule has 160 valence electrons. The van der Waals surface area contributed by atoms with E-state index in [1.165, 1.54) is 14.0 Å². The Morgan fingerprint density at radius 1 is 1.17 bits per heavy atom. The van der Waals surface area contributed by atoms with Crippen molar-refractivity contribution in [1.82, 2.24) is 4.90 Å². The van der Waals surface area contributed by atoms with Gasteiger partial charge in [-0.3, -0.25) is 14.4 Å². The molecule has 0 radical (unpaired) electrons. The molecule has 1 aromatic rings. The molecule has 0 unspecified atom stereocenters. The maximum Gasteiger partial charge on any atom is 0.303 e. The number of carboxylic acid groups (broad SMARTS) is 1. The lowest BCUT2D eigenvalue weighted by molar-refractivity contribution is -0.142. The van der Waals surface area contributed by atoms with Gasteiger partial charge in [0.15, 0.2) is 11.5 Å². The fourth-order valence-electron chi connectivity index (χ4n) is 3.31. The quantitative estimate of drug-likeness (QED) is 0.444. The van der Waals surface area contributed by atoms with Gasteiger partial charge in [0.05, 0.1) is 19.8 Å². The largest absolute Gasteiger partial charge is 0.493 e. The number of rotatable bonds is 11. The molecule has 8 heteroatoms. The molecule has 0 saturated carbocycles. The summed E-state index contributed by atoms with van der Waals surface area (Å²) in [5.41, 5.74) is 0.491. The summed E-state index contributed by atoms with van der Waals surface area (Å²) in [5, 5.41) is 8.64. The van der Waals surface area contributed by atoms with Crippen LogP contribution in [-0.4, -0.2) is 60.8 Å². The Morgan fingerprint density at radius 2 is 1.97 bits per heavy atom. The number of esters is 1. The third-order valence-corrected chi connectivity index (χ3v) is 4.82. The van der Waals surface area contributed by atoms with E-state index in [1.54, 1.807) is 23.1 Å². The number of amides is 1. The maximum absolute atomic E-state index is 12.9. The van der Waals surface area contributed by atoms with Crippen molar-refractivity contribution in [2.24, 2.45) is 0 Å². The van der Waals surface area contributed by atoms with E-state index in [9.17, 15) is 14.4 Å². The van der Waals surface area contributed by atoms with E-state index in [0.29, 0.717) is 36.6 Å². The lowest BCUT2D eigenvalue weighted by atomic mass is 10.1. The monoisotopic (exact) mass is 407 g/mol. The summed E-state index contributed by atoms with van der Waals surface area (Å²) in [7, 11) is 1.52. The fraction of sp³-hybridized carbons (Fsp3) is 0.571. The first-order valence-corrected chi connectivity index (χ1v) is 9.89. The van der Waals surface area contributed by atoms with Gasteiger partial charge in [0.25, 0.3) is 5.91 Å². The molecule has 0 spiro atoms. The summed E-state index contributed by atoms with van der Waals surface area (Å²) in [6.45, 7) is 2.64. The van der Waals surface area contributed by atoms with E-state index in [1.807, 2.05) is 0 Å². The Labute approximate surface area is 170 Å². The molecule has 1 fully saturated rings. The Kier molecular flexibility index (Phi) is 8.76. The highest BCUT2D eigenvalue weighted by atomic mass is 16.5. The van der Waals surface area contributed by atoms with Crippen molar-refractivity contribution in [1.29, 1.82) is 0 Å². The van der Waals surface area contributed by atoms with Gasteiger partial charge < -0.3 is 24.2 Å². The number of hydrogen-bond acceptors (Lipinski definition) is 6. The SMILES string of the molecule is COc1cc(C(=O)N2CCC[C@H]2COC(C)=O)ccc1OCCCCCC(=O)O. The number of ether oxygens (including phenoxy) is 3. The highest BCUT2D eigenvalue weighted by molar-refractivity contribution is 5.95. The van der Waals surface area contributed by atoms with Gasteiger partial charge in [0.1, 0.15) is 6.61 Å². The molecule has 0 aromatic heterocycles. The Morgan fingerprint density at radius 3 is 2.66 bits per heavy atom. The first kappa shape index (κ1) is 22.5. The van der Waals surface area contributed by atoms with Crippen LogP contribution in [0.4, 0.5) is 0 Å². The van der Waals surface area contributed by atoms with Gasteiger partial charge in [-0.05, 0) is 50.3 Å². The second-order valence-corrected chi connectivity index (χ2v) is 7.02. The molecule has 1 heterocycles. The van der Waals surface area contributed by atoms with Crippen LogP contribution in [0.15, 0.2) is 18.2 Å². The van der Waals surface area contributed by atoms with Crippen molar-refractivity contribution < 1.29 is 33.7 Å². The topological polar surface area (TPSA) is 102 Å². The zero-order valence-electron chi connectivity index (χ0n) is 17.0. The molecule has 1 N–H and O–H groups in total. The van der Waals surface area contributed by atoms with Crippen LogP contribution in [0.2, 0.25) is 0 Å². The molecule has 1 amide bonds. The van der Waals surface area contributed by atoms with E-state index in [-0.39, 0.29) is 30.9 Å². The highest BCUT2D eigenvalue weighted by Gasteiger charge is 2.30. The van der Waals surface area contributed by atoms with Crippen LogP contribution in [0, 0.1) is 0 Å². The van der Waals surface area contributed by atoms with Gasteiger partial charge in [-0.15, -0.1) is 0 Å². The lowest BCUT2D eigenvalue weighted by Crippen LogP contribution is -2.38. The van der Waals surface area contributed by atoms with E-state index in [4.69, 9.17) is 19.3 Å². The first-order valence-electron chi connectivity index (χ1n) is 9.89. The molecular weight excluding hydrogens is 378 g/mol. The van der Waals surface area contributed by atoms with Crippen LogP contribution in [-0.2, 0) is 14.3 Å². The smallest absolute Gasteiger partial charge is 0.303 e. The molecular formula is C21H29NO7. The van der Waals surface area contributed by atoms with E-state index in [0.717, 1.165) is 25.7 Å². The van der Waals surface area contributed by atoms with Gasteiger partial charge in [-0.25, -0.2) is 0 Å². The van der Waals surface area contributed by atoms with Crippen LogP contribution in [0.5, 0.6) is 11.5 Å². The Balaban J connectivity index is 1.93. The second-order valence-electron chi connectivity index (χ2n) is 7.02. The standard InChI is InChI=1S/C21H29NO7/c1-15(23)29-14-17-7-6-11-22(17)21(26)16-9-10-18(19(13-16)27-2)28-12-5-3-4-8-20(24)25/h9-10,13,17H,3-8,11-12,14H2,1-2H3,(H,24,25)/t17-/m0/s1. The van der Waals surface area contributed by atoms with E-state index >= 15 is 0 Å². The summed E-state index contributed by atoms with van der Waals surface area (Å²) in [4.78, 5) is 36.2. The number of carbonyl (C=O) groups excluding carboxylic acids is 2. The third kappa shape index (κ3) is 6.96. The Bertz CT molecular complexity index is 719. The molecule has 8 nitrogen and oxygen atoms in total. The van der Waals surface area contributed by atoms with Crippen molar-refractivity contribution in [3.05, 3.63) is 23.8 Å². The number of carbonyl (C=O) groups is 3. The van der Waals surface area contributed by atoms with Crippen molar-refractivity contribution in [3.8, 4) is 11.5 Å². The molecule has 2 rings (SSSR count). The molecule has 1 atom stereocenters. The molecule has 1 saturated heterocycles. The zero-order chi connectivity index (χ0) is 21.2. The average Bonchev–Trinajstić information content (AvgIpc) is 3.16. The third-order valence-electron chi connectivity index (χ3n) is 4.82. The molecule has 1 aliphatic rings. The van der Waals surface area contributed by atoms with Gasteiger partial charge >= 0.3 is 11.9 Å². The minimum absolute atomic E-state index is 0.112. The predicted molar refractivity (Wildman–Crippen MR) is 105 cm³/mol. The average molecular weight is 407 g/mol. The van der Waals surface area contributed by atoms with Crippen molar-refractivity contribution in [2.75, 3.05) is 26.9 Å². The van der Waals surface area contributed by atoms with Crippen LogP contribution in [0.1, 0.15) is 55.8 Å². The zero-order valence-corrected chi connectivity index (χ0v) is 17.0. The highest BCUT2D eigenvalue weighted by Crippen LogP contribution is 2.30. The summed E-state index contributed by atoms with van der Waals surface area (Å²) in [5.74, 6) is -0.258. The number of carboxylic acids is 1. The maximum atomic E-state index is 12.9. The Hall–Kier alpha value is -2.77. The number of nitrogens with zero attached hydrogens (tertiary/aromatic N) is 1. The normalized spacial score (nSPS) is 15.8. The van der Waals surface area contributed by atoms with Crippen LogP contribution < -0.4 is 9.47 Å². The van der Waals surface area contributed by atoms with Crippen molar-refractivity contribution >= 4 is 17.8 Å². The predicted octanol–water partition coefficient (Wildman–Crippen LogP) is 2.89. The number of aliphatic carboxylic acids is 1. The van der Waals surface area contributed by atoms with E-state index < -0.39 is 5.97 Å². The number of methoxy groups -OCH3 is 1. The van der Waals surface area contributed by atoms with Crippen molar-refractivity contribution in [3.63, 3.8) is 0 Å². The molecule has 0 aliphatic carbocycles. The van der Waals surface area contributed by atoms with Crippen LogP contribution in [0.25, 0.3) is 0 Å². The number of likely N-dealkylation sites (tertiary alicyclic amines) is 1. The minimum atomic E-state index is -0.791. The summed E-state index contributed by atoms with van der Waals surface area (Å²) >= 11 is 0. The fourth-order valence-corrected chi connectivity index (χ4v) is 3.31. The number of unbranched alkanes of at least 4 members (excludes halogenated alkanes) is 2. The summed E-state index contributed by atoms with van der Waals surface area (Å²) in [6.07, 6.45) is 3.96. The summed E-state index contributed by atoms with van der Waals surface area (Å²) in [6, 6.07) is 4.95. The number of hydrogen-bond donors (Lipinski definition) is 1. The van der Waals surface area contributed by atoms with Gasteiger partial charge in [0, 0.05) is 25.5 Å². The molecule has 0 bridgehead atoms. The molecule has 1 aliphatic heterocycles.